The third-order valence-electron chi connectivity index (χ3n) is 7.39. The van der Waals surface area contributed by atoms with Crippen LogP contribution in [0.15, 0.2) is 18.3 Å². The molecule has 2 aliphatic rings. The number of hydrogen-bond acceptors (Lipinski definition) is 5. The van der Waals surface area contributed by atoms with Crippen molar-refractivity contribution in [2.45, 2.75) is 71.8 Å². The molecule has 2 aliphatic heterocycles. The number of ether oxygens (including phenoxy) is 1. The predicted octanol–water partition coefficient (Wildman–Crippen LogP) is 2.85. The average Bonchev–Trinajstić information content (AvgIpc) is 2.85. The number of piperidine rings is 1. The van der Waals surface area contributed by atoms with E-state index in [1.807, 2.05) is 31.7 Å². The third-order valence-corrected chi connectivity index (χ3v) is 7.39. The Bertz CT molecular complexity index is 834. The lowest BCUT2D eigenvalue weighted by atomic mass is 9.73. The molecule has 0 unspecified atom stereocenters. The fourth-order valence-corrected chi connectivity index (χ4v) is 4.77. The molecule has 0 radical (unpaired) electrons. The summed E-state index contributed by atoms with van der Waals surface area (Å²) in [5.74, 6) is -0.209. The van der Waals surface area contributed by atoms with Crippen molar-refractivity contribution in [3.05, 3.63) is 29.6 Å². The zero-order chi connectivity index (χ0) is 24.6. The Morgan fingerprint density at radius 2 is 1.91 bits per heavy atom. The van der Waals surface area contributed by atoms with E-state index in [9.17, 15) is 14.4 Å². The zero-order valence-corrected chi connectivity index (χ0v) is 20.9. The van der Waals surface area contributed by atoms with E-state index < -0.39 is 11.5 Å². The van der Waals surface area contributed by atoms with Gasteiger partial charge in [-0.3, -0.25) is 19.4 Å². The highest BCUT2D eigenvalue weighted by Gasteiger charge is 2.43. The average molecular weight is 473 g/mol. The number of nitrogens with one attached hydrogen (secondary N) is 2. The molecule has 0 aromatic carbocycles. The first-order chi connectivity index (χ1) is 16.4. The van der Waals surface area contributed by atoms with Gasteiger partial charge in [0.15, 0.2) is 0 Å². The Hall–Kier alpha value is -2.48. The molecule has 2 atom stereocenters. The Morgan fingerprint density at radius 1 is 1.18 bits per heavy atom. The van der Waals surface area contributed by atoms with Crippen LogP contribution in [-0.4, -0.2) is 66.5 Å². The van der Waals surface area contributed by atoms with Crippen LogP contribution in [0.4, 0.5) is 0 Å². The number of aryl methyl sites for hydroxylation is 1. The molecule has 0 aliphatic carbocycles. The summed E-state index contributed by atoms with van der Waals surface area (Å²) in [6, 6.07) is 3.08. The molecule has 2 saturated heterocycles. The summed E-state index contributed by atoms with van der Waals surface area (Å²) in [7, 11) is 0. The van der Waals surface area contributed by atoms with Gasteiger partial charge in [-0.25, -0.2) is 0 Å². The molecular formula is C26H40N4O4. The van der Waals surface area contributed by atoms with Crippen LogP contribution in [0.2, 0.25) is 0 Å². The van der Waals surface area contributed by atoms with Gasteiger partial charge < -0.3 is 20.3 Å². The van der Waals surface area contributed by atoms with Crippen LogP contribution in [0.1, 0.15) is 74.8 Å². The molecule has 1 spiro atoms. The van der Waals surface area contributed by atoms with Crippen molar-refractivity contribution in [1.82, 2.24) is 20.5 Å². The van der Waals surface area contributed by atoms with Gasteiger partial charge in [0.05, 0.1) is 11.0 Å². The maximum absolute atomic E-state index is 13.7. The molecule has 2 fully saturated rings. The Kier molecular flexibility index (Phi) is 9.45. The van der Waals surface area contributed by atoms with Gasteiger partial charge in [-0.1, -0.05) is 26.7 Å². The van der Waals surface area contributed by atoms with E-state index in [2.05, 4.69) is 15.6 Å². The fourth-order valence-electron chi connectivity index (χ4n) is 4.77. The summed E-state index contributed by atoms with van der Waals surface area (Å²) in [6.45, 7) is 8.76. The normalized spacial score (nSPS) is 23.5. The molecule has 3 heterocycles. The van der Waals surface area contributed by atoms with E-state index in [4.69, 9.17) is 4.74 Å². The lowest BCUT2D eigenvalue weighted by Crippen LogP contribution is -2.57. The van der Waals surface area contributed by atoms with E-state index >= 15 is 0 Å². The number of carbonyl (C=O) groups is 3. The first-order valence-electron chi connectivity index (χ1n) is 12.7. The molecule has 0 saturated carbocycles. The van der Waals surface area contributed by atoms with E-state index in [-0.39, 0.29) is 23.6 Å². The van der Waals surface area contributed by atoms with E-state index in [1.54, 1.807) is 12.3 Å². The highest BCUT2D eigenvalue weighted by Crippen LogP contribution is 2.38. The number of amides is 3. The highest BCUT2D eigenvalue weighted by molar-refractivity contribution is 5.94. The van der Waals surface area contributed by atoms with Crippen LogP contribution >= 0.6 is 0 Å². The van der Waals surface area contributed by atoms with Crippen LogP contribution in [-0.2, 0) is 14.3 Å². The minimum absolute atomic E-state index is 0.0286. The lowest BCUT2D eigenvalue weighted by molar-refractivity contribution is -0.139. The van der Waals surface area contributed by atoms with Crippen molar-refractivity contribution in [3.8, 4) is 0 Å². The SMILES string of the molecule is CC[C@H](C)[C@@H]1NC(=O)C2(CCCCOCCCNC1=O)CCN(C(=O)c1ccc(C)nc1)CC2. The number of rotatable bonds is 3. The van der Waals surface area contributed by atoms with Crippen molar-refractivity contribution >= 4 is 17.7 Å². The first kappa shape index (κ1) is 26.1. The van der Waals surface area contributed by atoms with E-state index in [1.165, 1.54) is 0 Å². The lowest BCUT2D eigenvalue weighted by Gasteiger charge is -2.42. The Balaban J connectivity index is 1.74. The number of nitrogens with zero attached hydrogens (tertiary/aromatic N) is 2. The summed E-state index contributed by atoms with van der Waals surface area (Å²) >= 11 is 0. The van der Waals surface area contributed by atoms with Gasteiger partial charge in [0.1, 0.15) is 6.04 Å². The zero-order valence-electron chi connectivity index (χ0n) is 20.9. The summed E-state index contributed by atoms with van der Waals surface area (Å²) < 4.78 is 5.71. The molecule has 1 aromatic rings. The number of carbonyl (C=O) groups excluding carboxylic acids is 3. The quantitative estimate of drug-likeness (QED) is 0.705. The van der Waals surface area contributed by atoms with E-state index in [0.717, 1.165) is 37.8 Å². The van der Waals surface area contributed by atoms with Gasteiger partial charge in [0.2, 0.25) is 11.8 Å². The van der Waals surface area contributed by atoms with Gasteiger partial charge in [0, 0.05) is 44.7 Å². The molecule has 1 aromatic heterocycles. The van der Waals surface area contributed by atoms with E-state index in [0.29, 0.717) is 51.3 Å². The molecule has 0 bridgehead atoms. The second kappa shape index (κ2) is 12.3. The molecule has 2 N–H and O–H groups in total. The van der Waals surface area contributed by atoms with Crippen molar-refractivity contribution in [2.75, 3.05) is 32.8 Å². The summed E-state index contributed by atoms with van der Waals surface area (Å²) in [6.07, 6.45) is 6.84. The fraction of sp³-hybridized carbons (Fsp3) is 0.692. The largest absolute Gasteiger partial charge is 0.381 e. The second-order valence-corrected chi connectivity index (χ2v) is 9.81. The van der Waals surface area contributed by atoms with Gasteiger partial charge in [0.25, 0.3) is 5.91 Å². The van der Waals surface area contributed by atoms with Crippen LogP contribution in [0.25, 0.3) is 0 Å². The molecular weight excluding hydrogens is 432 g/mol. The van der Waals surface area contributed by atoms with Crippen molar-refractivity contribution in [1.29, 1.82) is 0 Å². The number of likely N-dealkylation sites (tertiary alicyclic amines) is 1. The maximum atomic E-state index is 13.7. The smallest absolute Gasteiger partial charge is 0.255 e. The Morgan fingerprint density at radius 3 is 2.59 bits per heavy atom. The number of hydrogen-bond donors (Lipinski definition) is 2. The monoisotopic (exact) mass is 472 g/mol. The number of pyridine rings is 1. The first-order valence-corrected chi connectivity index (χ1v) is 12.7. The molecule has 8 nitrogen and oxygen atoms in total. The minimum Gasteiger partial charge on any atom is -0.381 e. The van der Waals surface area contributed by atoms with Crippen molar-refractivity contribution in [3.63, 3.8) is 0 Å². The second-order valence-electron chi connectivity index (χ2n) is 9.81. The predicted molar refractivity (Wildman–Crippen MR) is 130 cm³/mol. The topological polar surface area (TPSA) is 101 Å². The van der Waals surface area contributed by atoms with Crippen LogP contribution in [0.5, 0.6) is 0 Å². The molecule has 188 valence electrons. The van der Waals surface area contributed by atoms with Gasteiger partial charge >= 0.3 is 0 Å². The van der Waals surface area contributed by atoms with Gasteiger partial charge in [-0.2, -0.15) is 0 Å². The van der Waals surface area contributed by atoms with Gasteiger partial charge in [-0.05, 0) is 57.1 Å². The summed E-state index contributed by atoms with van der Waals surface area (Å²) in [5.41, 5.74) is 0.857. The standard InChI is InChI=1S/C26H40N4O4/c1-4-19(2)22-23(31)27-13-7-17-34-16-6-5-10-26(25(33)29-22)11-14-30(15-12-26)24(32)21-9-8-20(3)28-18-21/h8-9,18-19,22H,4-7,10-17H2,1-3H3,(H,27,31)(H,29,33)/t19-,22-/m0/s1. The Labute approximate surface area is 203 Å². The third kappa shape index (κ3) is 6.56. The van der Waals surface area contributed by atoms with Crippen molar-refractivity contribution in [2.24, 2.45) is 11.3 Å². The molecule has 3 rings (SSSR count). The molecule has 3 amide bonds. The van der Waals surface area contributed by atoms with Crippen LogP contribution in [0, 0.1) is 18.3 Å². The highest BCUT2D eigenvalue weighted by atomic mass is 16.5. The maximum Gasteiger partial charge on any atom is 0.255 e. The van der Waals surface area contributed by atoms with Crippen molar-refractivity contribution < 1.29 is 19.1 Å². The van der Waals surface area contributed by atoms with Crippen LogP contribution < -0.4 is 10.6 Å². The van der Waals surface area contributed by atoms with Gasteiger partial charge in [-0.15, -0.1) is 0 Å². The molecule has 8 heteroatoms. The summed E-state index contributed by atoms with van der Waals surface area (Å²) in [5, 5.41) is 6.08. The van der Waals surface area contributed by atoms with Crippen LogP contribution in [0.3, 0.4) is 0 Å². The minimum atomic E-state index is -0.585. The summed E-state index contributed by atoms with van der Waals surface area (Å²) in [4.78, 5) is 45.6. The molecule has 34 heavy (non-hydrogen) atoms. The number of aromatic nitrogens is 1.